The van der Waals surface area contributed by atoms with E-state index in [1.807, 2.05) is 56.3 Å². The van der Waals surface area contributed by atoms with Crippen molar-refractivity contribution in [1.29, 1.82) is 0 Å². The molecule has 2 amide bonds. The number of hydrogen-bond acceptors (Lipinski definition) is 5. The van der Waals surface area contributed by atoms with Gasteiger partial charge in [-0.15, -0.1) is 11.8 Å². The number of amides is 2. The monoisotopic (exact) mass is 398 g/mol. The van der Waals surface area contributed by atoms with Gasteiger partial charge in [-0.2, -0.15) is 0 Å². The van der Waals surface area contributed by atoms with E-state index in [-0.39, 0.29) is 12.3 Å². The highest BCUT2D eigenvalue weighted by molar-refractivity contribution is 8.01. The second-order valence-electron chi connectivity index (χ2n) is 6.74. The van der Waals surface area contributed by atoms with Crippen LogP contribution in [0.15, 0.2) is 47.4 Å². The van der Waals surface area contributed by atoms with Gasteiger partial charge in [-0.25, -0.2) is 0 Å². The Morgan fingerprint density at radius 3 is 2.71 bits per heavy atom. The lowest BCUT2D eigenvalue weighted by Gasteiger charge is -2.23. The number of carbonyl (C=O) groups excluding carboxylic acids is 3. The highest BCUT2D eigenvalue weighted by atomic mass is 32.2. The van der Waals surface area contributed by atoms with Crippen molar-refractivity contribution in [3.63, 3.8) is 0 Å². The van der Waals surface area contributed by atoms with E-state index in [2.05, 4.69) is 10.6 Å². The minimum absolute atomic E-state index is 0.105. The van der Waals surface area contributed by atoms with Crippen molar-refractivity contribution in [3.8, 4) is 0 Å². The van der Waals surface area contributed by atoms with Gasteiger partial charge in [-0.1, -0.05) is 29.8 Å². The summed E-state index contributed by atoms with van der Waals surface area (Å²) in [5.41, 5.74) is 3.45. The number of anilines is 2. The van der Waals surface area contributed by atoms with E-state index in [1.165, 1.54) is 18.7 Å². The lowest BCUT2D eigenvalue weighted by molar-refractivity contribution is -0.153. The second kappa shape index (κ2) is 8.48. The van der Waals surface area contributed by atoms with Crippen molar-refractivity contribution in [2.45, 2.75) is 43.4 Å². The van der Waals surface area contributed by atoms with Gasteiger partial charge in [0.15, 0.2) is 6.10 Å². The Balaban J connectivity index is 1.55. The third-order valence-electron chi connectivity index (χ3n) is 4.38. The van der Waals surface area contributed by atoms with Crippen LogP contribution >= 0.6 is 11.8 Å². The molecule has 0 spiro atoms. The molecule has 1 aliphatic heterocycles. The second-order valence-corrected chi connectivity index (χ2v) is 7.98. The van der Waals surface area contributed by atoms with Gasteiger partial charge in [-0.3, -0.25) is 14.4 Å². The first-order valence-corrected chi connectivity index (χ1v) is 9.85. The van der Waals surface area contributed by atoms with Gasteiger partial charge in [0.1, 0.15) is 0 Å². The molecule has 3 rings (SSSR count). The largest absolute Gasteiger partial charge is 0.452 e. The molecular weight excluding hydrogens is 376 g/mol. The van der Waals surface area contributed by atoms with E-state index < -0.39 is 23.2 Å². The summed E-state index contributed by atoms with van der Waals surface area (Å²) in [4.78, 5) is 37.7. The Morgan fingerprint density at radius 1 is 1.21 bits per heavy atom. The van der Waals surface area contributed by atoms with Crippen LogP contribution in [-0.2, 0) is 19.1 Å². The summed E-state index contributed by atoms with van der Waals surface area (Å²) in [6.07, 6.45) is -1.07. The maximum atomic E-state index is 12.3. The molecule has 1 heterocycles. The Morgan fingerprint density at radius 2 is 1.96 bits per heavy atom. The molecule has 2 aromatic carbocycles. The number of hydrogen-bond donors (Lipinski definition) is 2. The number of fused-ring (bicyclic) bond motifs is 1. The number of benzene rings is 2. The zero-order chi connectivity index (χ0) is 20.3. The van der Waals surface area contributed by atoms with Gasteiger partial charge in [0.05, 0.1) is 17.4 Å². The van der Waals surface area contributed by atoms with Gasteiger partial charge in [0.25, 0.3) is 5.91 Å². The molecule has 0 aromatic heterocycles. The van der Waals surface area contributed by atoms with Crippen molar-refractivity contribution in [1.82, 2.24) is 0 Å². The van der Waals surface area contributed by atoms with Crippen LogP contribution in [0.3, 0.4) is 0 Å². The lowest BCUT2D eigenvalue weighted by atomic mass is 10.1. The first-order chi connectivity index (χ1) is 13.3. The van der Waals surface area contributed by atoms with Gasteiger partial charge < -0.3 is 15.4 Å². The lowest BCUT2D eigenvalue weighted by Crippen LogP contribution is -2.34. The van der Waals surface area contributed by atoms with Crippen molar-refractivity contribution >= 4 is 40.9 Å². The van der Waals surface area contributed by atoms with Crippen molar-refractivity contribution in [3.05, 3.63) is 53.6 Å². The van der Waals surface area contributed by atoms with Crippen LogP contribution in [0.4, 0.5) is 11.4 Å². The molecule has 1 aliphatic rings. The Labute approximate surface area is 168 Å². The fourth-order valence-corrected chi connectivity index (χ4v) is 3.96. The predicted molar refractivity (Wildman–Crippen MR) is 109 cm³/mol. The van der Waals surface area contributed by atoms with E-state index in [9.17, 15) is 14.4 Å². The van der Waals surface area contributed by atoms with Crippen LogP contribution < -0.4 is 10.6 Å². The normalized spacial score (nSPS) is 16.5. The molecule has 0 fully saturated rings. The van der Waals surface area contributed by atoms with Crippen molar-refractivity contribution < 1.29 is 19.1 Å². The van der Waals surface area contributed by atoms with Gasteiger partial charge in [0, 0.05) is 10.6 Å². The van der Waals surface area contributed by atoms with Crippen LogP contribution in [0.25, 0.3) is 0 Å². The highest BCUT2D eigenvalue weighted by Crippen LogP contribution is 2.36. The van der Waals surface area contributed by atoms with Crippen LogP contribution in [0.2, 0.25) is 0 Å². The molecule has 0 bridgehead atoms. The van der Waals surface area contributed by atoms with Gasteiger partial charge in [-0.05, 0) is 44.5 Å². The van der Waals surface area contributed by atoms with Gasteiger partial charge in [0.2, 0.25) is 5.91 Å². The smallest absolute Gasteiger partial charge is 0.308 e. The van der Waals surface area contributed by atoms with E-state index >= 15 is 0 Å². The highest BCUT2D eigenvalue weighted by Gasteiger charge is 2.30. The van der Waals surface area contributed by atoms with E-state index in [0.717, 1.165) is 21.7 Å². The molecule has 0 aliphatic carbocycles. The number of aryl methyl sites for hydroxylation is 2. The maximum absolute atomic E-state index is 12.3. The average Bonchev–Trinajstić information content (AvgIpc) is 2.64. The molecular formula is C21H22N2O4S. The van der Waals surface area contributed by atoms with Crippen LogP contribution in [-0.4, -0.2) is 29.1 Å². The number of ether oxygens (including phenoxy) is 1. The van der Waals surface area contributed by atoms with E-state index in [0.29, 0.717) is 5.69 Å². The number of esters is 1. The molecule has 2 aromatic rings. The average molecular weight is 398 g/mol. The third-order valence-corrected chi connectivity index (χ3v) is 5.65. The zero-order valence-corrected chi connectivity index (χ0v) is 16.8. The predicted octanol–water partition coefficient (Wildman–Crippen LogP) is 3.68. The zero-order valence-electron chi connectivity index (χ0n) is 15.9. The summed E-state index contributed by atoms with van der Waals surface area (Å²) in [6.45, 7) is 5.39. The Hall–Kier alpha value is -2.80. The molecule has 0 saturated heterocycles. The molecule has 7 heteroatoms. The maximum Gasteiger partial charge on any atom is 0.308 e. The van der Waals surface area contributed by atoms with E-state index in [1.54, 1.807) is 0 Å². The van der Waals surface area contributed by atoms with Crippen LogP contribution in [0.5, 0.6) is 0 Å². The summed E-state index contributed by atoms with van der Waals surface area (Å²) in [6, 6.07) is 13.1. The fourth-order valence-electron chi connectivity index (χ4n) is 2.87. The summed E-state index contributed by atoms with van der Waals surface area (Å²) in [7, 11) is 0. The SMILES string of the molecule is Cc1ccc(NC(=O)[C@H](C)OC(=O)C[C@H]2Sc3ccccc3NC2=O)c(C)c1. The number of carbonyl (C=O) groups is 3. The molecule has 0 saturated carbocycles. The molecule has 6 nitrogen and oxygen atoms in total. The number of rotatable bonds is 5. The number of para-hydroxylation sites is 1. The third kappa shape index (κ3) is 4.72. The van der Waals surface area contributed by atoms with Crippen molar-refractivity contribution in [2.75, 3.05) is 10.6 Å². The molecule has 0 radical (unpaired) electrons. The quantitative estimate of drug-likeness (QED) is 0.751. The fraction of sp³-hybridized carbons (Fsp3) is 0.286. The number of nitrogens with one attached hydrogen (secondary N) is 2. The van der Waals surface area contributed by atoms with Crippen LogP contribution in [0.1, 0.15) is 24.5 Å². The van der Waals surface area contributed by atoms with Crippen LogP contribution in [0, 0.1) is 13.8 Å². The summed E-state index contributed by atoms with van der Waals surface area (Å²) < 4.78 is 5.24. The topological polar surface area (TPSA) is 84.5 Å². The summed E-state index contributed by atoms with van der Waals surface area (Å²) in [5, 5.41) is 4.97. The first-order valence-electron chi connectivity index (χ1n) is 8.97. The minimum Gasteiger partial charge on any atom is -0.452 e. The summed E-state index contributed by atoms with van der Waals surface area (Å²) in [5.74, 6) is -1.24. The molecule has 2 N–H and O–H groups in total. The number of thioether (sulfide) groups is 1. The Bertz CT molecular complexity index is 928. The molecule has 146 valence electrons. The standard InChI is InChI=1S/C21H22N2O4S/c1-12-8-9-15(13(2)10-12)22-20(25)14(3)27-19(24)11-18-21(26)23-16-6-4-5-7-17(16)28-18/h4-10,14,18H,11H2,1-3H3,(H,22,25)(H,23,26)/t14-,18+/m0/s1. The Kier molecular flexibility index (Phi) is 6.04. The van der Waals surface area contributed by atoms with Gasteiger partial charge >= 0.3 is 5.97 Å². The molecule has 28 heavy (non-hydrogen) atoms. The van der Waals surface area contributed by atoms with Crippen molar-refractivity contribution in [2.24, 2.45) is 0 Å². The summed E-state index contributed by atoms with van der Waals surface area (Å²) >= 11 is 1.32. The minimum atomic E-state index is -0.961. The molecule has 0 unspecified atom stereocenters. The van der Waals surface area contributed by atoms with E-state index in [4.69, 9.17) is 4.74 Å². The molecule has 2 atom stereocenters. The first kappa shape index (κ1) is 19.9.